The highest BCUT2D eigenvalue weighted by Crippen LogP contribution is 2.36. The minimum Gasteiger partial charge on any atom is -0.504 e. The van der Waals surface area contributed by atoms with Crippen molar-refractivity contribution < 1.29 is 19.9 Å². The lowest BCUT2D eigenvalue weighted by Gasteiger charge is -2.11. The average Bonchev–Trinajstić information content (AvgIpc) is 2.55. The summed E-state index contributed by atoms with van der Waals surface area (Å²) in [6.07, 6.45) is 2.82. The molecule has 0 heterocycles. The number of phenols is 2. The second-order valence-electron chi connectivity index (χ2n) is 5.30. The Kier molecular flexibility index (Phi) is 4.84. The van der Waals surface area contributed by atoms with E-state index in [1.54, 1.807) is 6.08 Å². The Bertz CT molecular complexity index is 810. The van der Waals surface area contributed by atoms with Crippen molar-refractivity contribution in [3.8, 4) is 11.5 Å². The van der Waals surface area contributed by atoms with Crippen molar-refractivity contribution in [3.63, 3.8) is 0 Å². The molecule has 2 aromatic carbocycles. The van der Waals surface area contributed by atoms with Gasteiger partial charge in [0, 0.05) is 31.4 Å². The third-order valence-corrected chi connectivity index (χ3v) is 3.39. The molecule has 0 aliphatic rings. The number of rotatable bonds is 5. The SMILES string of the molecule is CN(C)c1ccc(C=CC(=O)c2cc(O)c(O)c([N+](=O)[O-])c2)cc1. The Morgan fingerprint density at radius 2 is 1.79 bits per heavy atom. The van der Waals surface area contributed by atoms with Gasteiger partial charge in [0.15, 0.2) is 11.5 Å². The summed E-state index contributed by atoms with van der Waals surface area (Å²) in [4.78, 5) is 24.0. The second kappa shape index (κ2) is 6.82. The van der Waals surface area contributed by atoms with Gasteiger partial charge in [-0.05, 0) is 29.8 Å². The number of ketones is 1. The lowest BCUT2D eigenvalue weighted by atomic mass is 10.1. The molecular formula is C17H16N2O5. The second-order valence-corrected chi connectivity index (χ2v) is 5.30. The molecule has 0 atom stereocenters. The molecule has 0 aliphatic carbocycles. The molecule has 2 N–H and O–H groups in total. The molecule has 0 aromatic heterocycles. The van der Waals surface area contributed by atoms with Crippen molar-refractivity contribution in [1.29, 1.82) is 0 Å². The summed E-state index contributed by atoms with van der Waals surface area (Å²) >= 11 is 0. The number of phenolic OH excluding ortho intramolecular Hbond substituents is 2. The Hall–Kier alpha value is -3.35. The predicted octanol–water partition coefficient (Wildman–Crippen LogP) is 2.97. The first-order valence-corrected chi connectivity index (χ1v) is 6.99. The molecule has 0 unspecified atom stereocenters. The fraction of sp³-hybridized carbons (Fsp3) is 0.118. The van der Waals surface area contributed by atoms with Gasteiger partial charge in [-0.25, -0.2) is 0 Å². The molecular weight excluding hydrogens is 312 g/mol. The van der Waals surface area contributed by atoms with E-state index in [0.29, 0.717) is 0 Å². The van der Waals surface area contributed by atoms with Crippen molar-refractivity contribution in [2.75, 3.05) is 19.0 Å². The van der Waals surface area contributed by atoms with Crippen molar-refractivity contribution in [2.45, 2.75) is 0 Å². The van der Waals surface area contributed by atoms with Crippen LogP contribution in [0.5, 0.6) is 11.5 Å². The van der Waals surface area contributed by atoms with Gasteiger partial charge in [-0.15, -0.1) is 0 Å². The maximum atomic E-state index is 12.1. The number of nitro benzene ring substituents is 1. The average molecular weight is 328 g/mol. The van der Waals surface area contributed by atoms with Crippen LogP contribution < -0.4 is 4.90 Å². The first-order chi connectivity index (χ1) is 11.3. The normalized spacial score (nSPS) is 10.8. The van der Waals surface area contributed by atoms with E-state index < -0.39 is 27.9 Å². The van der Waals surface area contributed by atoms with Crippen molar-refractivity contribution in [1.82, 2.24) is 0 Å². The van der Waals surface area contributed by atoms with Crippen LogP contribution in [-0.2, 0) is 0 Å². The first-order valence-electron chi connectivity index (χ1n) is 6.99. The van der Waals surface area contributed by atoms with E-state index in [1.807, 2.05) is 43.3 Å². The minimum absolute atomic E-state index is 0.0850. The molecule has 2 aromatic rings. The molecule has 124 valence electrons. The number of allylic oxidation sites excluding steroid dienone is 1. The first kappa shape index (κ1) is 17.0. The summed E-state index contributed by atoms with van der Waals surface area (Å²) in [6.45, 7) is 0. The van der Waals surface area contributed by atoms with Crippen LogP contribution in [0.2, 0.25) is 0 Å². The number of benzene rings is 2. The molecule has 0 bridgehead atoms. The van der Waals surface area contributed by atoms with E-state index in [2.05, 4.69) is 0 Å². The molecule has 0 amide bonds. The van der Waals surface area contributed by atoms with E-state index in [0.717, 1.165) is 23.4 Å². The third kappa shape index (κ3) is 3.70. The maximum absolute atomic E-state index is 12.1. The van der Waals surface area contributed by atoms with Crippen LogP contribution in [0.3, 0.4) is 0 Å². The molecule has 0 saturated carbocycles. The Labute approximate surface area is 138 Å². The molecule has 0 aliphatic heterocycles. The highest BCUT2D eigenvalue weighted by atomic mass is 16.6. The highest BCUT2D eigenvalue weighted by molar-refractivity contribution is 6.07. The lowest BCUT2D eigenvalue weighted by Crippen LogP contribution is -2.07. The largest absolute Gasteiger partial charge is 0.504 e. The smallest absolute Gasteiger partial charge is 0.315 e. The number of nitro groups is 1. The zero-order valence-corrected chi connectivity index (χ0v) is 13.1. The number of hydrogen-bond donors (Lipinski definition) is 2. The van der Waals surface area contributed by atoms with Crippen LogP contribution in [0.25, 0.3) is 6.08 Å². The zero-order valence-electron chi connectivity index (χ0n) is 13.1. The van der Waals surface area contributed by atoms with Gasteiger partial charge < -0.3 is 15.1 Å². The number of carbonyl (C=O) groups is 1. The van der Waals surface area contributed by atoms with Crippen molar-refractivity contribution in [3.05, 3.63) is 63.7 Å². The summed E-state index contributed by atoms with van der Waals surface area (Å²) < 4.78 is 0. The summed E-state index contributed by atoms with van der Waals surface area (Å²) in [6, 6.07) is 9.36. The van der Waals surface area contributed by atoms with Crippen LogP contribution in [0, 0.1) is 10.1 Å². The number of hydrogen-bond acceptors (Lipinski definition) is 6. The van der Waals surface area contributed by atoms with E-state index in [4.69, 9.17) is 0 Å². The summed E-state index contributed by atoms with van der Waals surface area (Å²) in [7, 11) is 3.83. The van der Waals surface area contributed by atoms with E-state index >= 15 is 0 Å². The van der Waals surface area contributed by atoms with Gasteiger partial charge in [0.1, 0.15) is 0 Å². The summed E-state index contributed by atoms with van der Waals surface area (Å²) in [5, 5.41) is 29.8. The number of anilines is 1. The lowest BCUT2D eigenvalue weighted by molar-refractivity contribution is -0.386. The monoisotopic (exact) mass is 328 g/mol. The quantitative estimate of drug-likeness (QED) is 0.287. The predicted molar refractivity (Wildman–Crippen MR) is 90.6 cm³/mol. The standard InChI is InChI=1S/C17H16N2O5/c1-18(2)13-6-3-11(4-7-13)5-8-15(20)12-9-14(19(23)24)17(22)16(21)10-12/h3-10,21-22H,1-2H3. The van der Waals surface area contributed by atoms with Gasteiger partial charge in [-0.2, -0.15) is 0 Å². The van der Waals surface area contributed by atoms with Gasteiger partial charge in [0.2, 0.25) is 5.75 Å². The fourth-order valence-corrected chi connectivity index (χ4v) is 2.04. The van der Waals surface area contributed by atoms with Crippen molar-refractivity contribution in [2.24, 2.45) is 0 Å². The van der Waals surface area contributed by atoms with Crippen molar-refractivity contribution >= 4 is 23.2 Å². The van der Waals surface area contributed by atoms with Crippen LogP contribution in [-0.4, -0.2) is 35.0 Å². The topological polar surface area (TPSA) is 104 Å². The van der Waals surface area contributed by atoms with Gasteiger partial charge in [0.05, 0.1) is 4.92 Å². The molecule has 0 saturated heterocycles. The van der Waals surface area contributed by atoms with Gasteiger partial charge in [-0.1, -0.05) is 18.2 Å². The maximum Gasteiger partial charge on any atom is 0.315 e. The van der Waals surface area contributed by atoms with Crippen LogP contribution in [0.15, 0.2) is 42.5 Å². The van der Waals surface area contributed by atoms with E-state index in [9.17, 15) is 25.1 Å². The Balaban J connectivity index is 2.24. The van der Waals surface area contributed by atoms with Crippen LogP contribution in [0.1, 0.15) is 15.9 Å². The van der Waals surface area contributed by atoms with Gasteiger partial charge in [0.25, 0.3) is 0 Å². The van der Waals surface area contributed by atoms with Gasteiger partial charge >= 0.3 is 5.69 Å². The number of carbonyl (C=O) groups excluding carboxylic acids is 1. The van der Waals surface area contributed by atoms with Crippen LogP contribution >= 0.6 is 0 Å². The fourth-order valence-electron chi connectivity index (χ4n) is 2.04. The molecule has 0 spiro atoms. The summed E-state index contributed by atoms with van der Waals surface area (Å²) in [5.41, 5.74) is 0.990. The zero-order chi connectivity index (χ0) is 17.9. The van der Waals surface area contributed by atoms with E-state index in [-0.39, 0.29) is 5.56 Å². The Morgan fingerprint density at radius 1 is 1.17 bits per heavy atom. The molecule has 7 nitrogen and oxygen atoms in total. The molecule has 0 fully saturated rings. The Morgan fingerprint density at radius 3 is 2.33 bits per heavy atom. The van der Waals surface area contributed by atoms with Crippen LogP contribution in [0.4, 0.5) is 11.4 Å². The van der Waals surface area contributed by atoms with E-state index in [1.165, 1.54) is 6.08 Å². The number of aromatic hydroxyl groups is 2. The minimum atomic E-state index is -0.866. The third-order valence-electron chi connectivity index (χ3n) is 3.39. The molecule has 2 rings (SSSR count). The highest BCUT2D eigenvalue weighted by Gasteiger charge is 2.20. The molecule has 0 radical (unpaired) electrons. The molecule has 7 heteroatoms. The molecule has 24 heavy (non-hydrogen) atoms. The summed E-state index contributed by atoms with van der Waals surface area (Å²) in [5.74, 6) is -2.10. The van der Waals surface area contributed by atoms with Gasteiger partial charge in [-0.3, -0.25) is 14.9 Å². The number of nitrogens with zero attached hydrogens (tertiary/aromatic N) is 2.